The molecule has 4 rings (SSSR count). The fraction of sp³-hybridized carbons (Fsp3) is 0.0500. The molecule has 2 heterocycles. The second-order valence-corrected chi connectivity index (χ2v) is 9.18. The number of hydrogen-bond donors (Lipinski definition) is 1. The second-order valence-electron chi connectivity index (χ2n) is 5.93. The van der Waals surface area contributed by atoms with Gasteiger partial charge in [-0.15, -0.1) is 11.3 Å². The number of hydrogen-bond acceptors (Lipinski definition) is 6. The zero-order valence-electron chi connectivity index (χ0n) is 14.5. The van der Waals surface area contributed by atoms with Gasteiger partial charge in [0.15, 0.2) is 0 Å². The SMILES string of the molecule is O=S(=O)(c1ccccc1)c1nc(-c2cccs2)oc1NCc1ccc(Cl)cc1. The molecule has 0 aliphatic rings. The number of nitrogens with zero attached hydrogens (tertiary/aromatic N) is 1. The van der Waals surface area contributed by atoms with Crippen molar-refractivity contribution >= 4 is 38.7 Å². The summed E-state index contributed by atoms with van der Waals surface area (Å²) in [4.78, 5) is 5.22. The van der Waals surface area contributed by atoms with E-state index in [4.69, 9.17) is 16.0 Å². The van der Waals surface area contributed by atoms with E-state index in [2.05, 4.69) is 10.3 Å². The van der Waals surface area contributed by atoms with E-state index < -0.39 is 9.84 Å². The van der Waals surface area contributed by atoms with Gasteiger partial charge in [0, 0.05) is 11.6 Å². The lowest BCUT2D eigenvalue weighted by molar-refractivity contribution is 0.577. The summed E-state index contributed by atoms with van der Waals surface area (Å²) in [5.74, 6) is 0.380. The minimum atomic E-state index is -3.83. The Hall–Kier alpha value is -2.61. The third kappa shape index (κ3) is 3.82. The molecule has 2 aromatic carbocycles. The molecule has 1 N–H and O–H groups in total. The highest BCUT2D eigenvalue weighted by Crippen LogP contribution is 2.34. The smallest absolute Gasteiger partial charge is 0.240 e. The van der Waals surface area contributed by atoms with Crippen molar-refractivity contribution in [1.29, 1.82) is 0 Å². The number of thiophene rings is 1. The minimum Gasteiger partial charge on any atom is -0.418 e. The van der Waals surface area contributed by atoms with Gasteiger partial charge in [-0.05, 0) is 41.3 Å². The maximum Gasteiger partial charge on any atom is 0.240 e. The Morgan fingerprint density at radius 2 is 1.75 bits per heavy atom. The first-order valence-electron chi connectivity index (χ1n) is 8.37. The molecule has 4 aromatic rings. The third-order valence-corrected chi connectivity index (χ3v) is 6.79. The second kappa shape index (κ2) is 7.79. The third-order valence-electron chi connectivity index (χ3n) is 4.00. The molecule has 0 unspecified atom stereocenters. The maximum absolute atomic E-state index is 13.1. The number of anilines is 1. The fourth-order valence-electron chi connectivity index (χ4n) is 2.60. The molecule has 0 amide bonds. The first kappa shape index (κ1) is 18.7. The van der Waals surface area contributed by atoms with E-state index in [9.17, 15) is 8.42 Å². The van der Waals surface area contributed by atoms with Gasteiger partial charge >= 0.3 is 0 Å². The summed E-state index contributed by atoms with van der Waals surface area (Å²) < 4.78 is 32.0. The quantitative estimate of drug-likeness (QED) is 0.437. The summed E-state index contributed by atoms with van der Waals surface area (Å²) in [6, 6.07) is 19.1. The highest BCUT2D eigenvalue weighted by molar-refractivity contribution is 7.91. The van der Waals surface area contributed by atoms with Crippen LogP contribution in [0.1, 0.15) is 5.56 Å². The van der Waals surface area contributed by atoms with Crippen LogP contribution in [0.4, 0.5) is 5.88 Å². The standard InChI is InChI=1S/C20H15ClN2O3S2/c21-15-10-8-14(9-11-15)13-22-19-20(23-18(26-19)17-7-4-12-27-17)28(24,25)16-5-2-1-3-6-16/h1-12,22H,13H2. The first-order valence-corrected chi connectivity index (χ1v) is 11.1. The molecule has 5 nitrogen and oxygen atoms in total. The molecule has 0 atom stereocenters. The van der Waals surface area contributed by atoms with Crippen LogP contribution in [-0.4, -0.2) is 13.4 Å². The van der Waals surface area contributed by atoms with Gasteiger partial charge < -0.3 is 9.73 Å². The lowest BCUT2D eigenvalue weighted by Crippen LogP contribution is -2.07. The Morgan fingerprint density at radius 1 is 1.00 bits per heavy atom. The number of sulfone groups is 1. The van der Waals surface area contributed by atoms with E-state index in [1.165, 1.54) is 23.5 Å². The Bertz CT molecular complexity index is 1170. The average Bonchev–Trinajstić information content (AvgIpc) is 3.38. The van der Waals surface area contributed by atoms with Gasteiger partial charge in [-0.3, -0.25) is 0 Å². The number of benzene rings is 2. The van der Waals surface area contributed by atoms with Gasteiger partial charge in [0.2, 0.25) is 26.6 Å². The summed E-state index contributed by atoms with van der Waals surface area (Å²) in [7, 11) is -3.83. The Morgan fingerprint density at radius 3 is 2.43 bits per heavy atom. The van der Waals surface area contributed by atoms with Crippen LogP contribution in [0.15, 0.2) is 86.4 Å². The van der Waals surface area contributed by atoms with Crippen molar-refractivity contribution in [2.75, 3.05) is 5.32 Å². The summed E-state index contributed by atoms with van der Waals surface area (Å²) >= 11 is 7.34. The summed E-state index contributed by atoms with van der Waals surface area (Å²) in [6.07, 6.45) is 0. The minimum absolute atomic E-state index is 0.113. The number of rotatable bonds is 6. The summed E-state index contributed by atoms with van der Waals surface area (Å²) in [6.45, 7) is 0.369. The maximum atomic E-state index is 13.1. The van der Waals surface area contributed by atoms with Crippen LogP contribution in [0, 0.1) is 0 Å². The van der Waals surface area contributed by atoms with Crippen LogP contribution in [0.3, 0.4) is 0 Å². The number of aromatic nitrogens is 1. The molecule has 0 fully saturated rings. The van der Waals surface area contributed by atoms with Crippen LogP contribution in [0.5, 0.6) is 0 Å². The van der Waals surface area contributed by atoms with Gasteiger partial charge in [0.05, 0.1) is 9.77 Å². The van der Waals surface area contributed by atoms with Crippen LogP contribution in [-0.2, 0) is 16.4 Å². The van der Waals surface area contributed by atoms with Crippen molar-refractivity contribution in [3.63, 3.8) is 0 Å². The monoisotopic (exact) mass is 430 g/mol. The van der Waals surface area contributed by atoms with Crippen molar-refractivity contribution < 1.29 is 12.8 Å². The Kier molecular flexibility index (Phi) is 5.21. The molecule has 0 spiro atoms. The lowest BCUT2D eigenvalue weighted by atomic mass is 10.2. The molecular weight excluding hydrogens is 416 g/mol. The van der Waals surface area contributed by atoms with E-state index in [-0.39, 0.29) is 21.7 Å². The first-order chi connectivity index (χ1) is 13.5. The van der Waals surface area contributed by atoms with Crippen LogP contribution >= 0.6 is 22.9 Å². The number of nitrogens with one attached hydrogen (secondary N) is 1. The van der Waals surface area contributed by atoms with Crippen LogP contribution in [0.25, 0.3) is 10.8 Å². The predicted octanol–water partition coefficient (Wildman–Crippen LogP) is 5.50. The zero-order chi connectivity index (χ0) is 19.6. The topological polar surface area (TPSA) is 72.2 Å². The fourth-order valence-corrected chi connectivity index (χ4v) is 4.68. The van der Waals surface area contributed by atoms with Crippen molar-refractivity contribution in [2.45, 2.75) is 16.5 Å². The Balaban J connectivity index is 1.72. The highest BCUT2D eigenvalue weighted by atomic mass is 35.5. The summed E-state index contributed by atoms with van der Waals surface area (Å²) in [5, 5.41) is 5.45. The van der Waals surface area contributed by atoms with E-state index in [1.807, 2.05) is 29.6 Å². The van der Waals surface area contributed by atoms with Crippen molar-refractivity contribution in [3.8, 4) is 10.8 Å². The van der Waals surface area contributed by atoms with E-state index in [0.29, 0.717) is 11.6 Å². The van der Waals surface area contributed by atoms with E-state index in [0.717, 1.165) is 10.4 Å². The normalized spacial score (nSPS) is 11.5. The molecule has 0 bridgehead atoms. The molecule has 0 aliphatic heterocycles. The van der Waals surface area contributed by atoms with Crippen molar-refractivity contribution in [2.24, 2.45) is 0 Å². The molecule has 0 saturated carbocycles. The van der Waals surface area contributed by atoms with E-state index >= 15 is 0 Å². The summed E-state index contributed by atoms with van der Waals surface area (Å²) in [5.41, 5.74) is 0.932. The van der Waals surface area contributed by atoms with Crippen molar-refractivity contribution in [3.05, 3.63) is 82.7 Å². The molecule has 28 heavy (non-hydrogen) atoms. The predicted molar refractivity (Wildman–Crippen MR) is 110 cm³/mol. The highest BCUT2D eigenvalue weighted by Gasteiger charge is 2.28. The van der Waals surface area contributed by atoms with Crippen LogP contribution in [0.2, 0.25) is 5.02 Å². The van der Waals surface area contributed by atoms with Crippen LogP contribution < -0.4 is 5.32 Å². The zero-order valence-corrected chi connectivity index (χ0v) is 16.9. The van der Waals surface area contributed by atoms with Gasteiger partial charge in [-0.25, -0.2) is 8.42 Å². The van der Waals surface area contributed by atoms with Gasteiger partial charge in [-0.1, -0.05) is 48.0 Å². The molecule has 0 aliphatic carbocycles. The average molecular weight is 431 g/mol. The lowest BCUT2D eigenvalue weighted by Gasteiger charge is -2.06. The van der Waals surface area contributed by atoms with Crippen molar-refractivity contribution in [1.82, 2.24) is 4.98 Å². The van der Waals surface area contributed by atoms with Gasteiger partial charge in [0.25, 0.3) is 0 Å². The van der Waals surface area contributed by atoms with Gasteiger partial charge in [-0.2, -0.15) is 4.98 Å². The largest absolute Gasteiger partial charge is 0.418 e. The molecule has 0 saturated heterocycles. The molecule has 8 heteroatoms. The number of halogens is 1. The molecular formula is C20H15ClN2O3S2. The molecule has 2 aromatic heterocycles. The Labute approximate surface area is 171 Å². The van der Waals surface area contributed by atoms with Gasteiger partial charge in [0.1, 0.15) is 0 Å². The molecule has 142 valence electrons. The van der Waals surface area contributed by atoms with E-state index in [1.54, 1.807) is 30.3 Å². The molecule has 0 radical (unpaired) electrons. The number of oxazole rings is 1.